The normalized spacial score (nSPS) is 17.2. The van der Waals surface area contributed by atoms with Gasteiger partial charge in [-0.15, -0.1) is 0 Å². The van der Waals surface area contributed by atoms with E-state index in [2.05, 4.69) is 34.3 Å². The summed E-state index contributed by atoms with van der Waals surface area (Å²) in [5.41, 5.74) is 1.13. The van der Waals surface area contributed by atoms with E-state index in [9.17, 15) is 0 Å². The maximum absolute atomic E-state index is 6.01. The fraction of sp³-hybridized carbons (Fsp3) is 0.467. The Hall–Kier alpha value is -1.39. The third-order valence-electron chi connectivity index (χ3n) is 4.39. The summed E-state index contributed by atoms with van der Waals surface area (Å²) < 4.78 is 0. The molecule has 1 heterocycles. The van der Waals surface area contributed by atoms with Gasteiger partial charge in [0.15, 0.2) is 0 Å². The summed E-state index contributed by atoms with van der Waals surface area (Å²) >= 11 is 6.01. The minimum Gasteiger partial charge on any atom is -0.368 e. The highest BCUT2D eigenvalue weighted by Gasteiger charge is 2.38. The van der Waals surface area contributed by atoms with Crippen LogP contribution in [0.2, 0.25) is 5.28 Å². The van der Waals surface area contributed by atoms with Crippen molar-refractivity contribution >= 4 is 28.3 Å². The molecule has 106 valence electrons. The molecule has 0 unspecified atom stereocenters. The first-order chi connectivity index (χ1) is 9.61. The summed E-state index contributed by atoms with van der Waals surface area (Å²) in [4.78, 5) is 10.9. The number of aromatic nitrogens is 2. The van der Waals surface area contributed by atoms with E-state index in [-0.39, 0.29) is 5.54 Å². The van der Waals surface area contributed by atoms with Crippen LogP contribution in [0.5, 0.6) is 0 Å². The molecule has 0 bridgehead atoms. The molecule has 1 aromatic carbocycles. The third-order valence-corrected chi connectivity index (χ3v) is 4.56. The molecule has 1 saturated carbocycles. The van der Waals surface area contributed by atoms with Crippen LogP contribution in [0.15, 0.2) is 24.3 Å². The lowest BCUT2D eigenvalue weighted by atomic mass is 9.75. The van der Waals surface area contributed by atoms with E-state index >= 15 is 0 Å². The van der Waals surface area contributed by atoms with Crippen molar-refractivity contribution in [2.24, 2.45) is 0 Å². The molecule has 0 amide bonds. The topological polar surface area (TPSA) is 41.0 Å². The van der Waals surface area contributed by atoms with Crippen molar-refractivity contribution in [3.63, 3.8) is 0 Å². The van der Waals surface area contributed by atoms with Crippen molar-refractivity contribution in [2.75, 3.05) is 26.0 Å². The lowest BCUT2D eigenvalue weighted by molar-refractivity contribution is 0.0738. The summed E-state index contributed by atoms with van der Waals surface area (Å²) in [6.07, 6.45) is 3.75. The van der Waals surface area contributed by atoms with Crippen LogP contribution < -0.4 is 5.32 Å². The number of para-hydroxylation sites is 1. The van der Waals surface area contributed by atoms with Crippen molar-refractivity contribution in [3.8, 4) is 0 Å². The number of nitrogens with one attached hydrogen (secondary N) is 1. The SMILES string of the molecule is CN(C)C1(CNc2nc(Cl)nc3ccccc23)CCC1. The van der Waals surface area contributed by atoms with Crippen molar-refractivity contribution in [3.05, 3.63) is 29.5 Å². The van der Waals surface area contributed by atoms with Crippen LogP contribution in [0.3, 0.4) is 0 Å². The first-order valence-electron chi connectivity index (χ1n) is 6.94. The quantitative estimate of drug-likeness (QED) is 0.878. The Morgan fingerprint density at radius 3 is 2.65 bits per heavy atom. The molecular formula is C15H19ClN4. The Bertz CT molecular complexity index is 622. The van der Waals surface area contributed by atoms with Gasteiger partial charge in [-0.05, 0) is 57.1 Å². The van der Waals surface area contributed by atoms with Gasteiger partial charge in [0.25, 0.3) is 0 Å². The number of fused-ring (bicyclic) bond motifs is 1. The van der Waals surface area contributed by atoms with E-state index in [1.54, 1.807) is 0 Å². The van der Waals surface area contributed by atoms with Crippen molar-refractivity contribution < 1.29 is 0 Å². The molecule has 0 saturated heterocycles. The average molecular weight is 291 g/mol. The molecule has 1 aromatic heterocycles. The molecular weight excluding hydrogens is 272 g/mol. The zero-order valence-corrected chi connectivity index (χ0v) is 12.6. The molecule has 0 radical (unpaired) electrons. The average Bonchev–Trinajstić information content (AvgIpc) is 2.36. The van der Waals surface area contributed by atoms with Gasteiger partial charge in [0, 0.05) is 17.5 Å². The van der Waals surface area contributed by atoms with Crippen LogP contribution in [0.4, 0.5) is 5.82 Å². The molecule has 3 rings (SSSR count). The van der Waals surface area contributed by atoms with E-state index in [4.69, 9.17) is 11.6 Å². The predicted octanol–water partition coefficient (Wildman–Crippen LogP) is 3.18. The Morgan fingerprint density at radius 2 is 2.00 bits per heavy atom. The smallest absolute Gasteiger partial charge is 0.224 e. The first kappa shape index (κ1) is 13.6. The molecule has 5 heteroatoms. The fourth-order valence-electron chi connectivity index (χ4n) is 2.80. The van der Waals surface area contributed by atoms with Crippen molar-refractivity contribution in [2.45, 2.75) is 24.8 Å². The van der Waals surface area contributed by atoms with E-state index in [1.165, 1.54) is 19.3 Å². The van der Waals surface area contributed by atoms with E-state index in [1.807, 2.05) is 24.3 Å². The Labute approximate surface area is 124 Å². The van der Waals surface area contributed by atoms with Gasteiger partial charge < -0.3 is 10.2 Å². The Morgan fingerprint density at radius 1 is 1.25 bits per heavy atom. The van der Waals surface area contributed by atoms with Gasteiger partial charge in [-0.3, -0.25) is 0 Å². The van der Waals surface area contributed by atoms with Crippen molar-refractivity contribution in [1.29, 1.82) is 0 Å². The van der Waals surface area contributed by atoms with E-state index < -0.39 is 0 Å². The van der Waals surface area contributed by atoms with Crippen molar-refractivity contribution in [1.82, 2.24) is 14.9 Å². The summed E-state index contributed by atoms with van der Waals surface area (Å²) in [7, 11) is 4.29. The molecule has 2 aromatic rings. The highest BCUT2D eigenvalue weighted by molar-refractivity contribution is 6.28. The standard InChI is InChI=1S/C15H19ClN4/c1-20(2)15(8-5-9-15)10-17-13-11-6-3-4-7-12(11)18-14(16)19-13/h3-4,6-7H,5,8-10H2,1-2H3,(H,17,18,19). The van der Waals surface area contributed by atoms with Crippen LogP contribution in [0.25, 0.3) is 10.9 Å². The molecule has 1 N–H and O–H groups in total. The summed E-state index contributed by atoms with van der Waals surface area (Å²) in [5, 5.41) is 4.78. The number of benzene rings is 1. The summed E-state index contributed by atoms with van der Waals surface area (Å²) in [5.74, 6) is 0.828. The lowest BCUT2D eigenvalue weighted by Crippen LogP contribution is -2.54. The van der Waals surface area contributed by atoms with Gasteiger partial charge >= 0.3 is 0 Å². The molecule has 20 heavy (non-hydrogen) atoms. The van der Waals surface area contributed by atoms with Crippen LogP contribution in [-0.2, 0) is 0 Å². The van der Waals surface area contributed by atoms with Gasteiger partial charge in [0.2, 0.25) is 5.28 Å². The minimum absolute atomic E-state index is 0.249. The maximum Gasteiger partial charge on any atom is 0.224 e. The highest BCUT2D eigenvalue weighted by atomic mass is 35.5. The summed E-state index contributed by atoms with van der Waals surface area (Å²) in [6.45, 7) is 0.886. The highest BCUT2D eigenvalue weighted by Crippen LogP contribution is 2.36. The lowest BCUT2D eigenvalue weighted by Gasteiger charge is -2.47. The Kier molecular flexibility index (Phi) is 3.52. The van der Waals surface area contributed by atoms with E-state index in [0.717, 1.165) is 23.3 Å². The second kappa shape index (κ2) is 5.19. The van der Waals surface area contributed by atoms with Crippen LogP contribution in [0, 0.1) is 0 Å². The maximum atomic E-state index is 6.01. The monoisotopic (exact) mass is 290 g/mol. The molecule has 1 aliphatic rings. The number of rotatable bonds is 4. The van der Waals surface area contributed by atoms with Gasteiger partial charge in [-0.2, -0.15) is 0 Å². The Balaban J connectivity index is 1.87. The zero-order valence-electron chi connectivity index (χ0n) is 11.9. The van der Waals surface area contributed by atoms with Gasteiger partial charge in [0.1, 0.15) is 5.82 Å². The first-order valence-corrected chi connectivity index (χ1v) is 7.32. The van der Waals surface area contributed by atoms with Crippen LogP contribution >= 0.6 is 11.6 Å². The summed E-state index contributed by atoms with van der Waals surface area (Å²) in [6, 6.07) is 7.94. The molecule has 1 aliphatic carbocycles. The largest absolute Gasteiger partial charge is 0.368 e. The minimum atomic E-state index is 0.249. The second-order valence-corrected chi connectivity index (χ2v) is 6.02. The number of nitrogens with zero attached hydrogens (tertiary/aromatic N) is 3. The molecule has 0 spiro atoms. The number of anilines is 1. The number of hydrogen-bond donors (Lipinski definition) is 1. The van der Waals surface area contributed by atoms with Gasteiger partial charge in [-0.1, -0.05) is 12.1 Å². The van der Waals surface area contributed by atoms with Gasteiger partial charge in [-0.25, -0.2) is 9.97 Å². The van der Waals surface area contributed by atoms with Crippen LogP contribution in [-0.4, -0.2) is 41.0 Å². The fourth-order valence-corrected chi connectivity index (χ4v) is 2.97. The second-order valence-electron chi connectivity index (χ2n) is 5.68. The molecule has 4 nitrogen and oxygen atoms in total. The zero-order chi connectivity index (χ0) is 14.2. The van der Waals surface area contributed by atoms with Crippen LogP contribution in [0.1, 0.15) is 19.3 Å². The third kappa shape index (κ3) is 2.34. The molecule has 0 atom stereocenters. The predicted molar refractivity (Wildman–Crippen MR) is 83.3 cm³/mol. The number of hydrogen-bond acceptors (Lipinski definition) is 4. The van der Waals surface area contributed by atoms with E-state index in [0.29, 0.717) is 5.28 Å². The molecule has 0 aliphatic heterocycles. The number of likely N-dealkylation sites (N-methyl/N-ethyl adjacent to an activating group) is 1. The molecule has 1 fully saturated rings. The van der Waals surface area contributed by atoms with Gasteiger partial charge in [0.05, 0.1) is 5.52 Å². The number of halogens is 1.